The Labute approximate surface area is 144 Å². The number of rotatable bonds is 4. The zero-order valence-electron chi connectivity index (χ0n) is 14.2. The molecule has 0 bridgehead atoms. The molecular formula is C21H27NO2. The smallest absolute Gasteiger partial charge is 0.127 e. The molecule has 3 atom stereocenters. The predicted octanol–water partition coefficient (Wildman–Crippen LogP) is 3.84. The molecule has 3 nitrogen and oxygen atoms in total. The lowest BCUT2D eigenvalue weighted by molar-refractivity contribution is -0.0391. The molecule has 2 fully saturated rings. The van der Waals surface area contributed by atoms with Gasteiger partial charge in [-0.05, 0) is 30.7 Å². The quantitative estimate of drug-likeness (QED) is 0.927. The van der Waals surface area contributed by atoms with Crippen LogP contribution in [-0.4, -0.2) is 41.8 Å². The SMILES string of the molecule is OC1CCN(CCOc2cccc3ccccc23)C2CCCCC12. The van der Waals surface area contributed by atoms with E-state index in [4.69, 9.17) is 4.74 Å². The van der Waals surface area contributed by atoms with Crippen LogP contribution in [0.4, 0.5) is 0 Å². The minimum Gasteiger partial charge on any atom is -0.492 e. The minimum absolute atomic E-state index is 0.0921. The lowest BCUT2D eigenvalue weighted by Crippen LogP contribution is -2.53. The van der Waals surface area contributed by atoms with Gasteiger partial charge >= 0.3 is 0 Å². The van der Waals surface area contributed by atoms with E-state index in [9.17, 15) is 5.11 Å². The Morgan fingerprint density at radius 3 is 2.79 bits per heavy atom. The number of benzene rings is 2. The van der Waals surface area contributed by atoms with E-state index < -0.39 is 0 Å². The second-order valence-electron chi connectivity index (χ2n) is 7.23. The van der Waals surface area contributed by atoms with Crippen LogP contribution in [0.5, 0.6) is 5.75 Å². The van der Waals surface area contributed by atoms with Gasteiger partial charge in [0.1, 0.15) is 12.4 Å². The molecule has 2 aromatic carbocycles. The van der Waals surface area contributed by atoms with Crippen molar-refractivity contribution in [1.82, 2.24) is 4.90 Å². The van der Waals surface area contributed by atoms with Crippen LogP contribution >= 0.6 is 0 Å². The fourth-order valence-electron chi connectivity index (χ4n) is 4.59. The van der Waals surface area contributed by atoms with Gasteiger partial charge in [0.15, 0.2) is 0 Å². The van der Waals surface area contributed by atoms with Crippen LogP contribution in [0.25, 0.3) is 10.8 Å². The van der Waals surface area contributed by atoms with Crippen molar-refractivity contribution < 1.29 is 9.84 Å². The van der Waals surface area contributed by atoms with Gasteiger partial charge in [-0.15, -0.1) is 0 Å². The normalized spacial score (nSPS) is 27.8. The lowest BCUT2D eigenvalue weighted by Gasteiger charge is -2.46. The van der Waals surface area contributed by atoms with Gasteiger partial charge in [-0.2, -0.15) is 0 Å². The molecule has 128 valence electrons. The summed E-state index contributed by atoms with van der Waals surface area (Å²) in [6, 6.07) is 15.2. The van der Waals surface area contributed by atoms with Crippen LogP contribution in [0.2, 0.25) is 0 Å². The average molecular weight is 325 g/mol. The summed E-state index contributed by atoms with van der Waals surface area (Å²) >= 11 is 0. The van der Waals surface area contributed by atoms with Gasteiger partial charge in [0, 0.05) is 30.4 Å². The molecule has 4 rings (SSSR count). The number of aliphatic hydroxyl groups excluding tert-OH is 1. The van der Waals surface area contributed by atoms with Crippen molar-refractivity contribution in [1.29, 1.82) is 0 Å². The predicted molar refractivity (Wildman–Crippen MR) is 97.4 cm³/mol. The molecule has 1 saturated heterocycles. The Hall–Kier alpha value is -1.58. The van der Waals surface area contributed by atoms with Gasteiger partial charge < -0.3 is 9.84 Å². The highest BCUT2D eigenvalue weighted by Gasteiger charge is 2.38. The van der Waals surface area contributed by atoms with Crippen LogP contribution in [0.3, 0.4) is 0 Å². The van der Waals surface area contributed by atoms with E-state index in [0.29, 0.717) is 18.6 Å². The summed E-state index contributed by atoms with van der Waals surface area (Å²) in [5.41, 5.74) is 0. The maximum absolute atomic E-state index is 10.3. The maximum Gasteiger partial charge on any atom is 0.127 e. The van der Waals surface area contributed by atoms with E-state index >= 15 is 0 Å². The summed E-state index contributed by atoms with van der Waals surface area (Å²) in [6.07, 6.45) is 5.82. The minimum atomic E-state index is -0.0921. The molecular weight excluding hydrogens is 298 g/mol. The van der Waals surface area contributed by atoms with Gasteiger partial charge in [0.25, 0.3) is 0 Å². The number of fused-ring (bicyclic) bond motifs is 2. The molecule has 2 aliphatic rings. The van der Waals surface area contributed by atoms with Crippen molar-refractivity contribution in [2.45, 2.75) is 44.2 Å². The summed E-state index contributed by atoms with van der Waals surface area (Å²) in [6.45, 7) is 2.67. The molecule has 0 amide bonds. The number of ether oxygens (including phenoxy) is 1. The first kappa shape index (κ1) is 15.9. The maximum atomic E-state index is 10.3. The molecule has 0 radical (unpaired) electrons. The molecule has 1 aliphatic heterocycles. The molecule has 2 aromatic rings. The van der Waals surface area contributed by atoms with Gasteiger partial charge in [-0.25, -0.2) is 0 Å². The lowest BCUT2D eigenvalue weighted by atomic mass is 9.76. The molecule has 1 aliphatic carbocycles. The zero-order chi connectivity index (χ0) is 16.4. The Balaban J connectivity index is 1.40. The molecule has 3 unspecified atom stereocenters. The van der Waals surface area contributed by atoms with Gasteiger partial charge in [0.05, 0.1) is 6.10 Å². The summed E-state index contributed by atoms with van der Waals surface area (Å²) in [5.74, 6) is 1.45. The fourth-order valence-corrected chi connectivity index (χ4v) is 4.59. The van der Waals surface area contributed by atoms with Crippen LogP contribution in [0.15, 0.2) is 42.5 Å². The van der Waals surface area contributed by atoms with Crippen LogP contribution in [0.1, 0.15) is 32.1 Å². The zero-order valence-corrected chi connectivity index (χ0v) is 14.2. The van der Waals surface area contributed by atoms with Crippen LogP contribution < -0.4 is 4.74 Å². The van der Waals surface area contributed by atoms with Crippen molar-refractivity contribution in [2.75, 3.05) is 19.7 Å². The number of hydrogen-bond acceptors (Lipinski definition) is 3. The molecule has 0 aromatic heterocycles. The van der Waals surface area contributed by atoms with Gasteiger partial charge in [-0.3, -0.25) is 4.90 Å². The topological polar surface area (TPSA) is 32.7 Å². The molecule has 1 heterocycles. The molecule has 1 saturated carbocycles. The van der Waals surface area contributed by atoms with E-state index in [0.717, 1.165) is 25.3 Å². The van der Waals surface area contributed by atoms with Crippen molar-refractivity contribution in [2.24, 2.45) is 5.92 Å². The Bertz CT molecular complexity index is 681. The van der Waals surface area contributed by atoms with Crippen LogP contribution in [0, 0.1) is 5.92 Å². The van der Waals surface area contributed by atoms with E-state index in [-0.39, 0.29) is 6.10 Å². The highest BCUT2D eigenvalue weighted by Crippen LogP contribution is 2.35. The molecule has 0 spiro atoms. The van der Waals surface area contributed by atoms with Crippen molar-refractivity contribution in [3.63, 3.8) is 0 Å². The standard InChI is InChI=1S/C21H27NO2/c23-20-12-13-22(19-10-4-3-9-18(19)20)14-15-24-21-11-5-7-16-6-1-2-8-17(16)21/h1-2,5-8,11,18-20,23H,3-4,9-10,12-15H2. The number of likely N-dealkylation sites (tertiary alicyclic amines) is 1. The first-order valence-electron chi connectivity index (χ1n) is 9.35. The van der Waals surface area contributed by atoms with Gasteiger partial charge in [0.2, 0.25) is 0 Å². The average Bonchev–Trinajstić information content (AvgIpc) is 2.64. The molecule has 1 N–H and O–H groups in total. The number of hydrogen-bond donors (Lipinski definition) is 1. The van der Waals surface area contributed by atoms with Crippen LogP contribution in [-0.2, 0) is 0 Å². The van der Waals surface area contributed by atoms with Gasteiger partial charge in [-0.1, -0.05) is 49.2 Å². The third-order valence-corrected chi connectivity index (χ3v) is 5.84. The largest absolute Gasteiger partial charge is 0.492 e. The number of aliphatic hydroxyl groups is 1. The van der Waals surface area contributed by atoms with Crippen molar-refractivity contribution in [3.05, 3.63) is 42.5 Å². The first-order valence-corrected chi connectivity index (χ1v) is 9.35. The summed E-state index contributed by atoms with van der Waals surface area (Å²) in [4.78, 5) is 2.56. The summed E-state index contributed by atoms with van der Waals surface area (Å²) in [5, 5.41) is 12.7. The Morgan fingerprint density at radius 2 is 1.83 bits per heavy atom. The third-order valence-electron chi connectivity index (χ3n) is 5.84. The second-order valence-corrected chi connectivity index (χ2v) is 7.23. The molecule has 24 heavy (non-hydrogen) atoms. The van der Waals surface area contributed by atoms with E-state index in [1.807, 2.05) is 0 Å². The van der Waals surface area contributed by atoms with Crippen molar-refractivity contribution in [3.8, 4) is 5.75 Å². The van der Waals surface area contributed by atoms with E-state index in [1.165, 1.54) is 36.5 Å². The first-order chi connectivity index (χ1) is 11.8. The van der Waals surface area contributed by atoms with Crippen molar-refractivity contribution >= 4 is 10.8 Å². The fraction of sp³-hybridized carbons (Fsp3) is 0.524. The second kappa shape index (κ2) is 7.12. The van der Waals surface area contributed by atoms with E-state index in [2.05, 4.69) is 47.4 Å². The Kier molecular flexibility index (Phi) is 4.72. The molecule has 3 heteroatoms. The Morgan fingerprint density at radius 1 is 1.00 bits per heavy atom. The third kappa shape index (κ3) is 3.15. The highest BCUT2D eigenvalue weighted by atomic mass is 16.5. The van der Waals surface area contributed by atoms with E-state index in [1.54, 1.807) is 0 Å². The summed E-state index contributed by atoms with van der Waals surface area (Å²) < 4.78 is 6.12. The monoisotopic (exact) mass is 325 g/mol. The summed E-state index contributed by atoms with van der Waals surface area (Å²) in [7, 11) is 0. The number of piperidine rings is 1. The highest BCUT2D eigenvalue weighted by molar-refractivity contribution is 5.88. The number of nitrogens with zero attached hydrogens (tertiary/aromatic N) is 1.